The van der Waals surface area contributed by atoms with Crippen molar-refractivity contribution in [3.05, 3.63) is 71.0 Å². The summed E-state index contributed by atoms with van der Waals surface area (Å²) >= 11 is 12.1. The van der Waals surface area contributed by atoms with E-state index in [1.807, 2.05) is 0 Å². The van der Waals surface area contributed by atoms with Gasteiger partial charge in [-0.3, -0.25) is 4.31 Å². The molecule has 3 nitrogen and oxygen atoms in total. The second-order valence-corrected chi connectivity index (χ2v) is 7.00. The molecule has 0 heterocycles. The Bertz CT molecular complexity index is 792. The highest BCUT2D eigenvalue weighted by molar-refractivity contribution is 7.92. The fraction of sp³-hybridized carbons (Fsp3) is 0.0667. The highest BCUT2D eigenvalue weighted by atomic mass is 35.5. The first kappa shape index (κ1) is 16.8. The topological polar surface area (TPSA) is 37.4 Å². The lowest BCUT2D eigenvalue weighted by molar-refractivity contribution is 0.591. The van der Waals surface area contributed by atoms with Crippen molar-refractivity contribution in [3.63, 3.8) is 0 Å². The van der Waals surface area contributed by atoms with E-state index in [0.29, 0.717) is 0 Å². The SMILES string of the molecule is C=CCN(c1cccc(Cl)c1Cl)S(=O)(=O)c1ccc(F)cc1. The van der Waals surface area contributed by atoms with Crippen molar-refractivity contribution in [3.8, 4) is 0 Å². The second kappa shape index (κ2) is 6.69. The molecule has 0 unspecified atom stereocenters. The van der Waals surface area contributed by atoms with Crippen LogP contribution in [0.5, 0.6) is 0 Å². The Labute approximate surface area is 138 Å². The average molecular weight is 360 g/mol. The normalized spacial score (nSPS) is 11.2. The number of benzene rings is 2. The molecule has 0 N–H and O–H groups in total. The molecular weight excluding hydrogens is 348 g/mol. The molecular formula is C15H12Cl2FNO2S. The molecule has 2 aromatic carbocycles. The molecule has 2 aromatic rings. The van der Waals surface area contributed by atoms with Crippen LogP contribution in [-0.2, 0) is 10.0 Å². The molecule has 0 fully saturated rings. The Morgan fingerprint density at radius 3 is 2.36 bits per heavy atom. The van der Waals surface area contributed by atoms with E-state index in [2.05, 4.69) is 6.58 Å². The molecule has 0 aliphatic rings. The van der Waals surface area contributed by atoms with Crippen LogP contribution in [0.15, 0.2) is 60.0 Å². The number of halogens is 3. The van der Waals surface area contributed by atoms with E-state index in [1.165, 1.54) is 18.2 Å². The molecule has 22 heavy (non-hydrogen) atoms. The Balaban J connectivity index is 2.58. The summed E-state index contributed by atoms with van der Waals surface area (Å²) in [4.78, 5) is -0.0493. The van der Waals surface area contributed by atoms with E-state index in [-0.39, 0.29) is 27.2 Å². The summed E-state index contributed by atoms with van der Waals surface area (Å²) in [5.41, 5.74) is 0.235. The van der Waals surface area contributed by atoms with Crippen molar-refractivity contribution in [2.45, 2.75) is 4.90 Å². The van der Waals surface area contributed by atoms with Crippen molar-refractivity contribution >= 4 is 38.9 Å². The lowest BCUT2D eigenvalue weighted by Gasteiger charge is -2.24. The van der Waals surface area contributed by atoms with Crippen LogP contribution in [0.2, 0.25) is 10.0 Å². The van der Waals surface area contributed by atoms with E-state index < -0.39 is 15.8 Å². The van der Waals surface area contributed by atoms with E-state index in [9.17, 15) is 12.8 Å². The van der Waals surface area contributed by atoms with Crippen LogP contribution in [0.3, 0.4) is 0 Å². The highest BCUT2D eigenvalue weighted by Gasteiger charge is 2.26. The molecule has 0 aliphatic heterocycles. The van der Waals surface area contributed by atoms with Gasteiger partial charge in [0.2, 0.25) is 0 Å². The van der Waals surface area contributed by atoms with Gasteiger partial charge in [-0.2, -0.15) is 0 Å². The predicted octanol–water partition coefficient (Wildman–Crippen LogP) is 4.51. The molecule has 0 radical (unpaired) electrons. The van der Waals surface area contributed by atoms with Gasteiger partial charge in [0.25, 0.3) is 10.0 Å². The van der Waals surface area contributed by atoms with Crippen molar-refractivity contribution in [1.82, 2.24) is 0 Å². The predicted molar refractivity (Wildman–Crippen MR) is 87.6 cm³/mol. The standard InChI is InChI=1S/C15H12Cl2FNO2S/c1-2-10-19(14-5-3-4-13(16)15(14)17)22(20,21)12-8-6-11(18)7-9-12/h2-9H,1,10H2. The van der Waals surface area contributed by atoms with E-state index in [4.69, 9.17) is 23.2 Å². The zero-order valence-electron chi connectivity index (χ0n) is 11.3. The van der Waals surface area contributed by atoms with Gasteiger partial charge >= 0.3 is 0 Å². The Kier molecular flexibility index (Phi) is 5.11. The number of hydrogen-bond donors (Lipinski definition) is 0. The molecule has 0 bridgehead atoms. The van der Waals surface area contributed by atoms with Gasteiger partial charge < -0.3 is 0 Å². The summed E-state index contributed by atoms with van der Waals surface area (Å²) in [7, 11) is -3.92. The largest absolute Gasteiger partial charge is 0.264 e. The summed E-state index contributed by atoms with van der Waals surface area (Å²) in [6, 6.07) is 9.25. The smallest absolute Gasteiger partial charge is 0.261 e. The van der Waals surface area contributed by atoms with Crippen molar-refractivity contribution in [1.29, 1.82) is 0 Å². The molecule has 0 amide bonds. The van der Waals surface area contributed by atoms with Crippen molar-refractivity contribution in [2.75, 3.05) is 10.8 Å². The van der Waals surface area contributed by atoms with Crippen LogP contribution >= 0.6 is 23.2 Å². The van der Waals surface area contributed by atoms with Crippen LogP contribution in [0.4, 0.5) is 10.1 Å². The number of rotatable bonds is 5. The third-order valence-electron chi connectivity index (χ3n) is 2.90. The molecule has 0 saturated carbocycles. The first-order chi connectivity index (χ1) is 10.4. The molecule has 0 saturated heterocycles. The molecule has 0 aliphatic carbocycles. The third kappa shape index (κ3) is 3.27. The lowest BCUT2D eigenvalue weighted by atomic mass is 10.3. The molecule has 2 rings (SSSR count). The maximum atomic E-state index is 13.0. The Hall–Kier alpha value is -1.56. The van der Waals surface area contributed by atoms with E-state index in [0.717, 1.165) is 16.4 Å². The van der Waals surface area contributed by atoms with Crippen LogP contribution < -0.4 is 4.31 Å². The van der Waals surface area contributed by atoms with Gasteiger partial charge in [0.15, 0.2) is 0 Å². The number of sulfonamides is 1. The van der Waals surface area contributed by atoms with Gasteiger partial charge in [0.05, 0.1) is 27.2 Å². The summed E-state index contributed by atoms with van der Waals surface area (Å²) in [6.45, 7) is 3.56. The summed E-state index contributed by atoms with van der Waals surface area (Å²) in [6.07, 6.45) is 1.43. The number of nitrogens with zero attached hydrogens (tertiary/aromatic N) is 1. The molecule has 0 aromatic heterocycles. The summed E-state index contributed by atoms with van der Waals surface area (Å²) < 4.78 is 39.6. The van der Waals surface area contributed by atoms with Gasteiger partial charge in [0, 0.05) is 0 Å². The maximum absolute atomic E-state index is 13.0. The Morgan fingerprint density at radius 2 is 1.77 bits per heavy atom. The average Bonchev–Trinajstić information content (AvgIpc) is 2.48. The number of anilines is 1. The molecule has 0 atom stereocenters. The van der Waals surface area contributed by atoms with Gasteiger partial charge in [0.1, 0.15) is 5.82 Å². The molecule has 0 spiro atoms. The monoisotopic (exact) mass is 359 g/mol. The minimum Gasteiger partial charge on any atom is -0.261 e. The maximum Gasteiger partial charge on any atom is 0.264 e. The quantitative estimate of drug-likeness (QED) is 0.736. The first-order valence-corrected chi connectivity index (χ1v) is 8.40. The van der Waals surface area contributed by atoms with Gasteiger partial charge in [-0.05, 0) is 36.4 Å². The van der Waals surface area contributed by atoms with Gasteiger partial charge in [-0.15, -0.1) is 6.58 Å². The minimum absolute atomic E-state index is 0.000226. The van der Waals surface area contributed by atoms with Crippen LogP contribution in [0, 0.1) is 5.82 Å². The summed E-state index contributed by atoms with van der Waals surface area (Å²) in [5, 5.41) is 0.360. The third-order valence-corrected chi connectivity index (χ3v) is 5.50. The van der Waals surface area contributed by atoms with Crippen molar-refractivity contribution < 1.29 is 12.8 Å². The van der Waals surface area contributed by atoms with Crippen molar-refractivity contribution in [2.24, 2.45) is 0 Å². The van der Waals surface area contributed by atoms with Crippen LogP contribution in [-0.4, -0.2) is 15.0 Å². The Morgan fingerprint density at radius 1 is 1.14 bits per heavy atom. The molecule has 7 heteroatoms. The molecule has 116 valence electrons. The minimum atomic E-state index is -3.92. The zero-order chi connectivity index (χ0) is 16.3. The van der Waals surface area contributed by atoms with Gasteiger partial charge in [-0.1, -0.05) is 35.3 Å². The van der Waals surface area contributed by atoms with Crippen LogP contribution in [0.25, 0.3) is 0 Å². The fourth-order valence-corrected chi connectivity index (χ4v) is 3.76. The number of hydrogen-bond acceptors (Lipinski definition) is 2. The van der Waals surface area contributed by atoms with E-state index in [1.54, 1.807) is 18.2 Å². The first-order valence-electron chi connectivity index (χ1n) is 6.21. The lowest BCUT2D eigenvalue weighted by Crippen LogP contribution is -2.31. The summed E-state index contributed by atoms with van der Waals surface area (Å²) in [5.74, 6) is -0.519. The van der Waals surface area contributed by atoms with Gasteiger partial charge in [-0.25, -0.2) is 12.8 Å². The fourth-order valence-electron chi connectivity index (χ4n) is 1.86. The van der Waals surface area contributed by atoms with Crippen LogP contribution in [0.1, 0.15) is 0 Å². The van der Waals surface area contributed by atoms with E-state index >= 15 is 0 Å². The second-order valence-electron chi connectivity index (χ2n) is 4.35. The highest BCUT2D eigenvalue weighted by Crippen LogP contribution is 2.35. The zero-order valence-corrected chi connectivity index (χ0v) is 13.7.